The molecule has 176 valence electrons. The van der Waals surface area contributed by atoms with E-state index in [1.165, 1.54) is 12.1 Å². The van der Waals surface area contributed by atoms with Crippen LogP contribution in [-0.2, 0) is 24.8 Å². The van der Waals surface area contributed by atoms with Crippen LogP contribution in [0.1, 0.15) is 32.8 Å². The van der Waals surface area contributed by atoms with Crippen LogP contribution in [0.15, 0.2) is 47.4 Å². The third-order valence-corrected chi connectivity index (χ3v) is 7.25. The van der Waals surface area contributed by atoms with Gasteiger partial charge in [-0.2, -0.15) is 0 Å². The minimum Gasteiger partial charge on any atom is -0.322 e. The zero-order chi connectivity index (χ0) is 24.2. The van der Waals surface area contributed by atoms with Gasteiger partial charge in [0.2, 0.25) is 11.8 Å². The lowest BCUT2D eigenvalue weighted by molar-refractivity contribution is -0.123. The Bertz CT molecular complexity index is 1240. The minimum atomic E-state index is -3.56. The Morgan fingerprint density at radius 3 is 2.58 bits per heavy atom. The second-order valence-electron chi connectivity index (χ2n) is 10.1. The minimum absolute atomic E-state index is 0.0369. The number of para-hydroxylation sites is 1. The fourth-order valence-corrected chi connectivity index (χ4v) is 5.25. The second-order valence-corrected chi connectivity index (χ2v) is 12.1. The molecule has 2 aliphatic rings. The highest BCUT2D eigenvalue weighted by molar-refractivity contribution is 7.90. The summed E-state index contributed by atoms with van der Waals surface area (Å²) < 4.78 is 37.7. The van der Waals surface area contributed by atoms with Crippen molar-refractivity contribution < 1.29 is 22.4 Å². The summed E-state index contributed by atoms with van der Waals surface area (Å²) >= 11 is 0. The summed E-state index contributed by atoms with van der Waals surface area (Å²) in [4.78, 5) is 28.2. The van der Waals surface area contributed by atoms with Crippen molar-refractivity contribution in [2.45, 2.75) is 43.5 Å². The standard InChI is InChI=1S/C24H28FN3O4S/c1-23(2,3)14-28-20-8-6-5-7-16(20)24(22(28)30)12-19(26-13-24)21(29)27-18-10-9-15(11-17(18)25)33(4,31)32/h5-11,19,26H,12-14H2,1-4H3,(H,27,29). The topological polar surface area (TPSA) is 95.6 Å². The van der Waals surface area contributed by atoms with Crippen molar-refractivity contribution >= 4 is 33.0 Å². The van der Waals surface area contributed by atoms with E-state index in [1.807, 2.05) is 24.3 Å². The molecule has 2 heterocycles. The van der Waals surface area contributed by atoms with E-state index in [2.05, 4.69) is 31.4 Å². The van der Waals surface area contributed by atoms with Gasteiger partial charge in [0.1, 0.15) is 5.82 Å². The number of nitrogens with zero attached hydrogens (tertiary/aromatic N) is 1. The van der Waals surface area contributed by atoms with Crippen molar-refractivity contribution in [3.8, 4) is 0 Å². The predicted octanol–water partition coefficient (Wildman–Crippen LogP) is 2.86. The maximum Gasteiger partial charge on any atom is 0.241 e. The molecule has 0 aromatic heterocycles. The molecule has 0 saturated carbocycles. The normalized spacial score (nSPS) is 22.6. The molecule has 2 aromatic carbocycles. The molecule has 1 fully saturated rings. The summed E-state index contributed by atoms with van der Waals surface area (Å²) in [5.41, 5.74) is 0.686. The third kappa shape index (κ3) is 4.27. The molecule has 2 atom stereocenters. The summed E-state index contributed by atoms with van der Waals surface area (Å²) in [6.45, 7) is 7.07. The van der Waals surface area contributed by atoms with Gasteiger partial charge in [0.05, 0.1) is 22.0 Å². The molecule has 2 N–H and O–H groups in total. The first-order valence-electron chi connectivity index (χ1n) is 10.8. The quantitative estimate of drug-likeness (QED) is 0.712. The number of fused-ring (bicyclic) bond motifs is 2. The molecule has 2 aromatic rings. The highest BCUT2D eigenvalue weighted by Crippen LogP contribution is 2.47. The maximum absolute atomic E-state index is 14.4. The van der Waals surface area contributed by atoms with E-state index in [9.17, 15) is 22.4 Å². The van der Waals surface area contributed by atoms with Crippen molar-refractivity contribution in [3.05, 3.63) is 53.8 Å². The SMILES string of the molecule is CC(C)(C)CN1C(=O)C2(CNC(C(=O)Nc3ccc(S(C)(=O)=O)cc3F)C2)c2ccccc21. The number of amides is 2. The molecule has 33 heavy (non-hydrogen) atoms. The number of carbonyl (C=O) groups is 2. The average Bonchev–Trinajstić information content (AvgIpc) is 3.26. The molecule has 4 rings (SSSR count). The number of halogens is 1. The van der Waals surface area contributed by atoms with Crippen molar-refractivity contribution in [2.24, 2.45) is 5.41 Å². The Labute approximate surface area is 193 Å². The molecule has 9 heteroatoms. The van der Waals surface area contributed by atoms with Gasteiger partial charge < -0.3 is 15.5 Å². The largest absolute Gasteiger partial charge is 0.322 e. The first kappa shape index (κ1) is 23.4. The molecule has 1 spiro atoms. The number of sulfone groups is 1. The number of carbonyl (C=O) groups excluding carboxylic acids is 2. The Kier molecular flexibility index (Phi) is 5.61. The van der Waals surface area contributed by atoms with Crippen LogP contribution in [0.2, 0.25) is 0 Å². The number of nitrogens with one attached hydrogen (secondary N) is 2. The fourth-order valence-electron chi connectivity index (χ4n) is 4.62. The van der Waals surface area contributed by atoms with Gasteiger partial charge in [-0.15, -0.1) is 0 Å². The average molecular weight is 474 g/mol. The Morgan fingerprint density at radius 1 is 1.24 bits per heavy atom. The van der Waals surface area contributed by atoms with Gasteiger partial charge in [0, 0.05) is 25.0 Å². The summed E-state index contributed by atoms with van der Waals surface area (Å²) in [7, 11) is -3.56. The molecule has 1 saturated heterocycles. The Morgan fingerprint density at radius 2 is 1.94 bits per heavy atom. The Balaban J connectivity index is 1.56. The van der Waals surface area contributed by atoms with Gasteiger partial charge in [0.15, 0.2) is 9.84 Å². The fraction of sp³-hybridized carbons (Fsp3) is 0.417. The maximum atomic E-state index is 14.4. The molecule has 2 aliphatic heterocycles. The van der Waals surface area contributed by atoms with Crippen LogP contribution in [0.5, 0.6) is 0 Å². The summed E-state index contributed by atoms with van der Waals surface area (Å²) in [6.07, 6.45) is 1.24. The van der Waals surface area contributed by atoms with Crippen LogP contribution in [0, 0.1) is 11.2 Å². The number of anilines is 2. The predicted molar refractivity (Wildman–Crippen MR) is 124 cm³/mol. The summed E-state index contributed by atoms with van der Waals surface area (Å²) in [6, 6.07) is 10.3. The first-order chi connectivity index (χ1) is 15.3. The van der Waals surface area contributed by atoms with Gasteiger partial charge in [-0.25, -0.2) is 12.8 Å². The number of benzene rings is 2. The van der Waals surface area contributed by atoms with Crippen LogP contribution >= 0.6 is 0 Å². The van der Waals surface area contributed by atoms with Crippen LogP contribution in [-0.4, -0.2) is 45.6 Å². The lowest BCUT2D eigenvalue weighted by Gasteiger charge is -2.29. The van der Waals surface area contributed by atoms with Crippen molar-refractivity contribution in [2.75, 3.05) is 29.6 Å². The molecule has 0 bridgehead atoms. The van der Waals surface area contributed by atoms with Gasteiger partial charge >= 0.3 is 0 Å². The van der Waals surface area contributed by atoms with E-state index >= 15 is 0 Å². The Hall–Kier alpha value is -2.78. The van der Waals surface area contributed by atoms with E-state index in [4.69, 9.17) is 0 Å². The van der Waals surface area contributed by atoms with Crippen molar-refractivity contribution in [1.82, 2.24) is 5.32 Å². The van der Waals surface area contributed by atoms with Crippen LogP contribution in [0.25, 0.3) is 0 Å². The lowest BCUT2D eigenvalue weighted by Crippen LogP contribution is -2.44. The lowest BCUT2D eigenvalue weighted by atomic mass is 9.79. The second kappa shape index (κ2) is 7.92. The van der Waals surface area contributed by atoms with Crippen molar-refractivity contribution in [1.29, 1.82) is 0 Å². The van der Waals surface area contributed by atoms with E-state index in [1.54, 1.807) is 4.90 Å². The molecule has 7 nitrogen and oxygen atoms in total. The molecule has 2 amide bonds. The van der Waals surface area contributed by atoms with E-state index in [0.29, 0.717) is 13.1 Å². The van der Waals surface area contributed by atoms with Gasteiger partial charge in [0.25, 0.3) is 0 Å². The van der Waals surface area contributed by atoms with Crippen LogP contribution < -0.4 is 15.5 Å². The number of hydrogen-bond donors (Lipinski definition) is 2. The zero-order valence-electron chi connectivity index (χ0n) is 19.1. The number of hydrogen-bond acceptors (Lipinski definition) is 5. The smallest absolute Gasteiger partial charge is 0.241 e. The van der Waals surface area contributed by atoms with E-state index in [-0.39, 0.29) is 28.3 Å². The number of rotatable bonds is 4. The zero-order valence-corrected chi connectivity index (χ0v) is 19.9. The van der Waals surface area contributed by atoms with Crippen molar-refractivity contribution in [3.63, 3.8) is 0 Å². The summed E-state index contributed by atoms with van der Waals surface area (Å²) in [5.74, 6) is -1.35. The van der Waals surface area contributed by atoms with Gasteiger partial charge in [-0.3, -0.25) is 9.59 Å². The molecule has 0 radical (unpaired) electrons. The van der Waals surface area contributed by atoms with E-state index in [0.717, 1.165) is 23.6 Å². The molecular weight excluding hydrogens is 445 g/mol. The summed E-state index contributed by atoms with van der Waals surface area (Å²) in [5, 5.41) is 5.67. The molecule has 2 unspecified atom stereocenters. The van der Waals surface area contributed by atoms with Gasteiger partial charge in [-0.05, 0) is 41.7 Å². The molecule has 0 aliphatic carbocycles. The molecular formula is C24H28FN3O4S. The van der Waals surface area contributed by atoms with Gasteiger partial charge in [-0.1, -0.05) is 39.0 Å². The monoisotopic (exact) mass is 473 g/mol. The van der Waals surface area contributed by atoms with Crippen LogP contribution in [0.3, 0.4) is 0 Å². The van der Waals surface area contributed by atoms with Crippen LogP contribution in [0.4, 0.5) is 15.8 Å². The van der Waals surface area contributed by atoms with E-state index < -0.39 is 33.0 Å². The highest BCUT2D eigenvalue weighted by atomic mass is 32.2. The highest BCUT2D eigenvalue weighted by Gasteiger charge is 2.56. The third-order valence-electron chi connectivity index (χ3n) is 6.14. The first-order valence-corrected chi connectivity index (χ1v) is 12.7.